The summed E-state index contributed by atoms with van der Waals surface area (Å²) >= 11 is 0. The molecule has 1 aliphatic heterocycles. The van der Waals surface area contributed by atoms with Gasteiger partial charge >= 0.3 is 6.03 Å². The van der Waals surface area contributed by atoms with E-state index < -0.39 is 5.91 Å². The molecular weight excluding hydrogens is 220 g/mol. The maximum atomic E-state index is 11.4. The average Bonchev–Trinajstić information content (AvgIpc) is 2.67. The number of ether oxygens (including phenoxy) is 2. The van der Waals surface area contributed by atoms with Crippen molar-refractivity contribution in [3.8, 4) is 0 Å². The van der Waals surface area contributed by atoms with Gasteiger partial charge in [0.2, 0.25) is 0 Å². The number of nitrogens with one attached hydrogen (secondary N) is 2. The van der Waals surface area contributed by atoms with Crippen LogP contribution in [0.3, 0.4) is 0 Å². The van der Waals surface area contributed by atoms with Crippen LogP contribution >= 0.6 is 0 Å². The summed E-state index contributed by atoms with van der Waals surface area (Å²) < 4.78 is 10.4. The van der Waals surface area contributed by atoms with Crippen LogP contribution in [-0.4, -0.2) is 26.2 Å². The average molecular weight is 234 g/mol. The first-order valence-corrected chi connectivity index (χ1v) is 5.17. The maximum absolute atomic E-state index is 11.4. The molecule has 0 unspecified atom stereocenters. The van der Waals surface area contributed by atoms with E-state index in [2.05, 4.69) is 10.6 Å². The van der Waals surface area contributed by atoms with Crippen LogP contribution in [0.2, 0.25) is 0 Å². The zero-order chi connectivity index (χ0) is 12.3. The van der Waals surface area contributed by atoms with Gasteiger partial charge in [-0.25, -0.2) is 4.79 Å². The van der Waals surface area contributed by atoms with Crippen LogP contribution in [0.5, 0.6) is 0 Å². The molecule has 0 atom stereocenters. The lowest BCUT2D eigenvalue weighted by atomic mass is 10.2. The van der Waals surface area contributed by atoms with E-state index in [0.717, 1.165) is 5.56 Å². The number of urea groups is 1. The topological polar surface area (TPSA) is 59.6 Å². The minimum atomic E-state index is -1.23. The van der Waals surface area contributed by atoms with E-state index in [9.17, 15) is 4.79 Å². The van der Waals surface area contributed by atoms with Crippen molar-refractivity contribution in [2.45, 2.75) is 5.91 Å². The van der Waals surface area contributed by atoms with E-state index in [1.165, 1.54) is 14.2 Å². The molecule has 1 fully saturated rings. The predicted molar refractivity (Wildman–Crippen MR) is 62.8 cm³/mol. The largest absolute Gasteiger partial charge is 0.331 e. The Labute approximate surface area is 99.4 Å². The number of hydrogen-bond acceptors (Lipinski definition) is 3. The van der Waals surface area contributed by atoms with Gasteiger partial charge in [-0.2, -0.15) is 0 Å². The lowest BCUT2D eigenvalue weighted by Gasteiger charge is -2.25. The Balaban J connectivity index is 2.36. The summed E-state index contributed by atoms with van der Waals surface area (Å²) in [5, 5.41) is 5.23. The Hall–Kier alpha value is -1.85. The summed E-state index contributed by atoms with van der Waals surface area (Å²) in [7, 11) is 2.94. The van der Waals surface area contributed by atoms with E-state index in [1.807, 2.05) is 30.3 Å². The highest BCUT2D eigenvalue weighted by Crippen LogP contribution is 2.23. The number of carbonyl (C=O) groups excluding carboxylic acids is 1. The number of amides is 2. The van der Waals surface area contributed by atoms with Crippen LogP contribution in [-0.2, 0) is 9.47 Å². The van der Waals surface area contributed by atoms with Gasteiger partial charge in [0.1, 0.15) is 5.70 Å². The molecule has 5 heteroatoms. The third kappa shape index (κ3) is 2.15. The highest BCUT2D eigenvalue weighted by molar-refractivity contribution is 5.83. The van der Waals surface area contributed by atoms with Crippen molar-refractivity contribution in [1.29, 1.82) is 0 Å². The van der Waals surface area contributed by atoms with E-state index in [1.54, 1.807) is 6.08 Å². The van der Waals surface area contributed by atoms with Crippen molar-refractivity contribution < 1.29 is 14.3 Å². The summed E-state index contributed by atoms with van der Waals surface area (Å²) in [6, 6.07) is 9.25. The standard InChI is InChI=1S/C12H14N2O3/c1-16-12(17-2)10(13-11(15)14-12)8-9-6-4-3-5-7-9/h3-8H,1-2H3,(H2,13,14,15). The molecule has 90 valence electrons. The molecule has 2 amide bonds. The number of rotatable bonds is 3. The Kier molecular flexibility index (Phi) is 3.12. The molecule has 0 aromatic heterocycles. The van der Waals surface area contributed by atoms with Gasteiger partial charge in [0.25, 0.3) is 5.91 Å². The first-order chi connectivity index (χ1) is 8.20. The lowest BCUT2D eigenvalue weighted by Crippen LogP contribution is -2.45. The van der Waals surface area contributed by atoms with Crippen LogP contribution in [0.1, 0.15) is 5.56 Å². The molecule has 1 saturated heterocycles. The molecule has 1 aliphatic rings. The Morgan fingerprint density at radius 3 is 2.41 bits per heavy atom. The molecular formula is C12H14N2O3. The Morgan fingerprint density at radius 1 is 1.18 bits per heavy atom. The molecule has 2 rings (SSSR count). The van der Waals surface area contributed by atoms with Crippen LogP contribution in [0.25, 0.3) is 6.08 Å². The SMILES string of the molecule is COC1(OC)NC(=O)NC1=Cc1ccccc1. The molecule has 0 bridgehead atoms. The Morgan fingerprint density at radius 2 is 1.82 bits per heavy atom. The van der Waals surface area contributed by atoms with Gasteiger partial charge in [0.05, 0.1) is 0 Å². The van der Waals surface area contributed by atoms with Crippen molar-refractivity contribution >= 4 is 12.1 Å². The zero-order valence-corrected chi connectivity index (χ0v) is 9.69. The fraction of sp³-hybridized carbons (Fsp3) is 0.250. The minimum Gasteiger partial charge on any atom is -0.331 e. The second kappa shape index (κ2) is 4.57. The molecule has 17 heavy (non-hydrogen) atoms. The van der Waals surface area contributed by atoms with E-state index in [-0.39, 0.29) is 6.03 Å². The van der Waals surface area contributed by atoms with Gasteiger partial charge in [0, 0.05) is 14.2 Å². The second-order valence-electron chi connectivity index (χ2n) is 3.57. The van der Waals surface area contributed by atoms with Gasteiger partial charge in [-0.15, -0.1) is 0 Å². The van der Waals surface area contributed by atoms with Gasteiger partial charge in [-0.1, -0.05) is 30.3 Å². The zero-order valence-electron chi connectivity index (χ0n) is 9.69. The molecule has 1 aromatic carbocycles. The summed E-state index contributed by atoms with van der Waals surface area (Å²) in [5.41, 5.74) is 1.48. The number of methoxy groups -OCH3 is 2. The van der Waals surface area contributed by atoms with Crippen molar-refractivity contribution in [2.24, 2.45) is 0 Å². The normalized spacial score (nSPS) is 20.1. The van der Waals surface area contributed by atoms with Crippen LogP contribution < -0.4 is 10.6 Å². The fourth-order valence-electron chi connectivity index (χ4n) is 1.70. The first-order valence-electron chi connectivity index (χ1n) is 5.17. The third-order valence-electron chi connectivity index (χ3n) is 2.57. The monoisotopic (exact) mass is 234 g/mol. The summed E-state index contributed by atoms with van der Waals surface area (Å²) in [6.45, 7) is 0. The van der Waals surface area contributed by atoms with Crippen molar-refractivity contribution in [3.05, 3.63) is 41.6 Å². The molecule has 1 aromatic rings. The second-order valence-corrected chi connectivity index (χ2v) is 3.57. The summed E-state index contributed by atoms with van der Waals surface area (Å²) in [5.74, 6) is -1.23. The smallest absolute Gasteiger partial charge is 0.323 e. The minimum absolute atomic E-state index is 0.351. The van der Waals surface area contributed by atoms with Gasteiger partial charge in [-0.3, -0.25) is 5.32 Å². The summed E-state index contributed by atoms with van der Waals surface area (Å²) in [4.78, 5) is 11.4. The van der Waals surface area contributed by atoms with E-state index in [4.69, 9.17) is 9.47 Å². The molecule has 2 N–H and O–H groups in total. The molecule has 0 spiro atoms. The third-order valence-corrected chi connectivity index (χ3v) is 2.57. The number of hydrogen-bond donors (Lipinski definition) is 2. The summed E-state index contributed by atoms with van der Waals surface area (Å²) in [6.07, 6.45) is 1.80. The first kappa shape index (κ1) is 11.6. The fourth-order valence-corrected chi connectivity index (χ4v) is 1.70. The number of carbonyl (C=O) groups is 1. The number of benzene rings is 1. The van der Waals surface area contributed by atoms with Gasteiger partial charge in [-0.05, 0) is 11.6 Å². The maximum Gasteiger partial charge on any atom is 0.323 e. The van der Waals surface area contributed by atoms with Gasteiger partial charge < -0.3 is 14.8 Å². The van der Waals surface area contributed by atoms with E-state index >= 15 is 0 Å². The van der Waals surface area contributed by atoms with Crippen LogP contribution in [0.4, 0.5) is 4.79 Å². The quantitative estimate of drug-likeness (QED) is 0.775. The van der Waals surface area contributed by atoms with Crippen LogP contribution in [0, 0.1) is 0 Å². The molecule has 0 aliphatic carbocycles. The van der Waals surface area contributed by atoms with Gasteiger partial charge in [0.15, 0.2) is 0 Å². The van der Waals surface area contributed by atoms with Crippen molar-refractivity contribution in [3.63, 3.8) is 0 Å². The highest BCUT2D eigenvalue weighted by atomic mass is 16.7. The molecule has 0 saturated carbocycles. The van der Waals surface area contributed by atoms with Crippen molar-refractivity contribution in [2.75, 3.05) is 14.2 Å². The van der Waals surface area contributed by atoms with Crippen LogP contribution in [0.15, 0.2) is 36.0 Å². The highest BCUT2D eigenvalue weighted by Gasteiger charge is 2.43. The Bertz CT molecular complexity index is 438. The van der Waals surface area contributed by atoms with E-state index in [0.29, 0.717) is 5.70 Å². The lowest BCUT2D eigenvalue weighted by molar-refractivity contribution is -0.184. The molecule has 1 heterocycles. The molecule has 5 nitrogen and oxygen atoms in total. The molecule has 0 radical (unpaired) electrons. The predicted octanol–water partition coefficient (Wildman–Crippen LogP) is 1.29. The van der Waals surface area contributed by atoms with Crippen molar-refractivity contribution in [1.82, 2.24) is 10.6 Å².